The monoisotopic (exact) mass is 879 g/mol. The lowest BCUT2D eigenvalue weighted by atomic mass is 9.87. The Labute approximate surface area is 401 Å². The molecule has 0 atom stereocenters. The van der Waals surface area contributed by atoms with Crippen LogP contribution in [-0.2, 0) is 0 Å². The number of aromatic nitrogens is 2. The molecule has 2 aromatic heterocycles. The van der Waals surface area contributed by atoms with Gasteiger partial charge in [-0.2, -0.15) is 0 Å². The lowest BCUT2D eigenvalue weighted by Gasteiger charge is -2.30. The highest BCUT2D eigenvalue weighted by atomic mass is 15.1. The number of nitrogens with zero attached hydrogens (tertiary/aromatic N) is 3. The Kier molecular flexibility index (Phi) is 9.84. The highest BCUT2D eigenvalue weighted by Gasteiger charge is 2.25. The van der Waals surface area contributed by atoms with Gasteiger partial charge in [-0.3, -0.25) is 0 Å². The molecule has 2 heterocycles. The van der Waals surface area contributed by atoms with Crippen LogP contribution in [0.1, 0.15) is 0 Å². The Morgan fingerprint density at radius 1 is 0.261 bits per heavy atom. The minimum absolute atomic E-state index is 1.06. The Morgan fingerprint density at radius 3 is 1.39 bits per heavy atom. The number of fused-ring (bicyclic) bond motifs is 6. The maximum Gasteiger partial charge on any atom is 0.0547 e. The zero-order valence-electron chi connectivity index (χ0n) is 37.8. The van der Waals surface area contributed by atoms with Crippen LogP contribution in [0.25, 0.3) is 99.5 Å². The molecule has 0 N–H and O–H groups in total. The van der Waals surface area contributed by atoms with Crippen molar-refractivity contribution < 1.29 is 0 Å². The molecule has 3 nitrogen and oxygen atoms in total. The molecule has 11 aromatic carbocycles. The molecule has 0 bridgehead atoms. The van der Waals surface area contributed by atoms with Crippen molar-refractivity contribution in [1.29, 1.82) is 0 Å². The summed E-state index contributed by atoms with van der Waals surface area (Å²) in [5.74, 6) is 0. The summed E-state index contributed by atoms with van der Waals surface area (Å²) in [7, 11) is 0. The van der Waals surface area contributed by atoms with Gasteiger partial charge in [0.25, 0.3) is 0 Å². The number of anilines is 3. The minimum Gasteiger partial charge on any atom is -0.310 e. The highest BCUT2D eigenvalue weighted by molar-refractivity contribution is 6.16. The van der Waals surface area contributed by atoms with Gasteiger partial charge in [-0.05, 0) is 118 Å². The van der Waals surface area contributed by atoms with E-state index in [1.54, 1.807) is 0 Å². The van der Waals surface area contributed by atoms with Crippen molar-refractivity contribution in [3.8, 4) is 55.9 Å². The maximum atomic E-state index is 2.48. The Bertz CT molecular complexity index is 3980. The quantitative estimate of drug-likeness (QED) is 0.141. The molecule has 13 rings (SSSR count). The third-order valence-electron chi connectivity index (χ3n) is 13.7. The lowest BCUT2D eigenvalue weighted by Crippen LogP contribution is -2.12. The van der Waals surface area contributed by atoms with E-state index in [0.29, 0.717) is 0 Å². The number of rotatable bonds is 9. The standard InChI is InChI=1S/C66H45N3/c1-5-21-46(22-6-1)53-29-13-14-31-57(53)65-54(47-23-7-2-8-24-47)33-19-37-63(65)67(52-43-44-62-59(45-52)56-30-15-17-35-60(56)68(62)49-25-9-3-10-26-49)51-41-39-48(40-42-51)55-34-20-38-64-66(55)58-32-16-18-36-61(58)69(64)50-27-11-4-12-28-50/h1-45H. The van der Waals surface area contributed by atoms with Gasteiger partial charge in [0.1, 0.15) is 0 Å². The number of para-hydroxylation sites is 4. The average molecular weight is 880 g/mol. The van der Waals surface area contributed by atoms with Gasteiger partial charge in [-0.15, -0.1) is 0 Å². The molecule has 0 aliphatic carbocycles. The molecule has 0 radical (unpaired) electrons. The normalized spacial score (nSPS) is 11.5. The van der Waals surface area contributed by atoms with Gasteiger partial charge in [0.2, 0.25) is 0 Å². The average Bonchev–Trinajstić information content (AvgIpc) is 3.95. The molecule has 69 heavy (non-hydrogen) atoms. The van der Waals surface area contributed by atoms with E-state index in [1.165, 1.54) is 65.9 Å². The second-order valence-electron chi connectivity index (χ2n) is 17.6. The molecule has 324 valence electrons. The van der Waals surface area contributed by atoms with Crippen molar-refractivity contribution >= 4 is 60.7 Å². The van der Waals surface area contributed by atoms with Crippen LogP contribution in [0.3, 0.4) is 0 Å². The highest BCUT2D eigenvalue weighted by Crippen LogP contribution is 2.49. The smallest absolute Gasteiger partial charge is 0.0547 e. The van der Waals surface area contributed by atoms with Crippen LogP contribution in [0.5, 0.6) is 0 Å². The zero-order valence-corrected chi connectivity index (χ0v) is 37.8. The summed E-state index contributed by atoms with van der Waals surface area (Å²) in [4.78, 5) is 2.48. The fourth-order valence-corrected chi connectivity index (χ4v) is 10.7. The first-order chi connectivity index (χ1) is 34.3. The van der Waals surface area contributed by atoms with Gasteiger partial charge in [-0.25, -0.2) is 0 Å². The van der Waals surface area contributed by atoms with Crippen LogP contribution in [0.4, 0.5) is 17.1 Å². The molecule has 13 aromatic rings. The molecule has 0 unspecified atom stereocenters. The van der Waals surface area contributed by atoms with E-state index in [2.05, 4.69) is 287 Å². The lowest BCUT2D eigenvalue weighted by molar-refractivity contribution is 1.18. The van der Waals surface area contributed by atoms with Crippen LogP contribution in [-0.4, -0.2) is 9.13 Å². The maximum absolute atomic E-state index is 2.48. The summed E-state index contributed by atoms with van der Waals surface area (Å²) < 4.78 is 4.78. The topological polar surface area (TPSA) is 13.1 Å². The first kappa shape index (κ1) is 40.1. The van der Waals surface area contributed by atoms with Gasteiger partial charge in [0, 0.05) is 49.9 Å². The molecule has 0 spiro atoms. The minimum atomic E-state index is 1.06. The van der Waals surface area contributed by atoms with Crippen LogP contribution in [0.2, 0.25) is 0 Å². The van der Waals surface area contributed by atoms with Crippen LogP contribution in [0.15, 0.2) is 273 Å². The molecule has 0 saturated heterocycles. The SMILES string of the molecule is c1ccc(-c2ccccc2-c2c(-c3ccccc3)cccc2N(c2ccc(-c3cccc4c3c3ccccc3n4-c3ccccc3)cc2)c2ccc3c(c2)c2ccccc2n3-c2ccccc2)cc1. The van der Waals surface area contributed by atoms with Crippen molar-refractivity contribution in [2.45, 2.75) is 0 Å². The second kappa shape index (κ2) is 16.9. The predicted octanol–water partition coefficient (Wildman–Crippen LogP) is 18.0. The summed E-state index contributed by atoms with van der Waals surface area (Å²) in [6.07, 6.45) is 0. The van der Waals surface area contributed by atoms with Gasteiger partial charge in [0.15, 0.2) is 0 Å². The first-order valence-electron chi connectivity index (χ1n) is 23.7. The summed E-state index contributed by atoms with van der Waals surface area (Å²) in [6, 6.07) is 99.2. The Balaban J connectivity index is 1.06. The largest absolute Gasteiger partial charge is 0.310 e. The summed E-state index contributed by atoms with van der Waals surface area (Å²) in [6.45, 7) is 0. The molecule has 0 amide bonds. The van der Waals surface area contributed by atoms with Crippen LogP contribution in [0, 0.1) is 0 Å². The summed E-state index contributed by atoms with van der Waals surface area (Å²) in [5, 5.41) is 4.89. The van der Waals surface area contributed by atoms with Crippen molar-refractivity contribution in [3.63, 3.8) is 0 Å². The van der Waals surface area contributed by atoms with Crippen molar-refractivity contribution in [2.24, 2.45) is 0 Å². The van der Waals surface area contributed by atoms with Crippen molar-refractivity contribution in [1.82, 2.24) is 9.13 Å². The Hall–Kier alpha value is -9.18. The number of hydrogen-bond donors (Lipinski definition) is 0. The van der Waals surface area contributed by atoms with E-state index in [0.717, 1.165) is 50.6 Å². The van der Waals surface area contributed by atoms with Crippen LogP contribution >= 0.6 is 0 Å². The predicted molar refractivity (Wildman–Crippen MR) is 292 cm³/mol. The fraction of sp³-hybridized carbons (Fsp3) is 0. The molecular formula is C66H45N3. The van der Waals surface area contributed by atoms with Gasteiger partial charge < -0.3 is 14.0 Å². The van der Waals surface area contributed by atoms with Crippen LogP contribution < -0.4 is 4.90 Å². The first-order valence-corrected chi connectivity index (χ1v) is 23.7. The summed E-state index contributed by atoms with van der Waals surface area (Å²) >= 11 is 0. The number of hydrogen-bond acceptors (Lipinski definition) is 1. The molecule has 0 aliphatic rings. The fourth-order valence-electron chi connectivity index (χ4n) is 10.7. The van der Waals surface area contributed by atoms with Crippen molar-refractivity contribution in [3.05, 3.63) is 273 Å². The van der Waals surface area contributed by atoms with Gasteiger partial charge in [0.05, 0.1) is 27.8 Å². The zero-order chi connectivity index (χ0) is 45.7. The molecule has 3 heteroatoms. The van der Waals surface area contributed by atoms with E-state index >= 15 is 0 Å². The van der Waals surface area contributed by atoms with Gasteiger partial charge >= 0.3 is 0 Å². The third kappa shape index (κ3) is 6.82. The summed E-state index contributed by atoms with van der Waals surface area (Å²) in [5.41, 5.74) is 19.6. The van der Waals surface area contributed by atoms with E-state index in [4.69, 9.17) is 0 Å². The third-order valence-corrected chi connectivity index (χ3v) is 13.7. The Morgan fingerprint density at radius 2 is 0.710 bits per heavy atom. The van der Waals surface area contributed by atoms with Crippen molar-refractivity contribution in [2.75, 3.05) is 4.90 Å². The van der Waals surface area contributed by atoms with Gasteiger partial charge in [-0.1, -0.05) is 194 Å². The van der Waals surface area contributed by atoms with E-state index < -0.39 is 0 Å². The molecule has 0 fully saturated rings. The second-order valence-corrected chi connectivity index (χ2v) is 17.6. The van der Waals surface area contributed by atoms with E-state index in [9.17, 15) is 0 Å². The van der Waals surface area contributed by atoms with E-state index in [1.807, 2.05) is 0 Å². The number of benzene rings is 11. The molecule has 0 saturated carbocycles. The van der Waals surface area contributed by atoms with E-state index in [-0.39, 0.29) is 0 Å². The molecular weight excluding hydrogens is 835 g/mol. The molecule has 0 aliphatic heterocycles.